The second kappa shape index (κ2) is 5.40. The lowest BCUT2D eigenvalue weighted by Crippen LogP contribution is -2.49. The molecule has 0 aliphatic carbocycles. The molecular formula is C14H15NO5. The van der Waals surface area contributed by atoms with Gasteiger partial charge in [0, 0.05) is 6.54 Å². The lowest BCUT2D eigenvalue weighted by Gasteiger charge is -2.32. The molecule has 6 heteroatoms. The highest BCUT2D eigenvalue weighted by Crippen LogP contribution is 2.28. The molecule has 0 spiro atoms. The molecule has 1 aromatic rings. The molecule has 0 saturated carbocycles. The van der Waals surface area contributed by atoms with Crippen LogP contribution in [0.25, 0.3) is 0 Å². The van der Waals surface area contributed by atoms with E-state index in [4.69, 9.17) is 14.2 Å². The van der Waals surface area contributed by atoms with Gasteiger partial charge in [0.05, 0.1) is 0 Å². The van der Waals surface area contributed by atoms with E-state index in [1.807, 2.05) is 30.3 Å². The molecule has 0 radical (unpaired) electrons. The van der Waals surface area contributed by atoms with Crippen LogP contribution in [0.2, 0.25) is 0 Å². The van der Waals surface area contributed by atoms with Gasteiger partial charge in [-0.05, 0) is 18.4 Å². The van der Waals surface area contributed by atoms with Crippen molar-refractivity contribution >= 4 is 12.2 Å². The van der Waals surface area contributed by atoms with Gasteiger partial charge in [-0.2, -0.15) is 0 Å². The first-order valence-corrected chi connectivity index (χ1v) is 6.58. The maximum atomic E-state index is 12.1. The Hall–Kier alpha value is -2.24. The van der Waals surface area contributed by atoms with Gasteiger partial charge < -0.3 is 14.2 Å². The van der Waals surface area contributed by atoms with Gasteiger partial charge in [0.25, 0.3) is 0 Å². The van der Waals surface area contributed by atoms with Crippen molar-refractivity contribution in [3.8, 4) is 0 Å². The lowest BCUT2D eigenvalue weighted by molar-refractivity contribution is -0.0287. The Morgan fingerprint density at radius 2 is 2.10 bits per heavy atom. The van der Waals surface area contributed by atoms with Gasteiger partial charge in [-0.25, -0.2) is 9.59 Å². The molecule has 0 unspecified atom stereocenters. The number of rotatable bonds is 2. The fraction of sp³-hybridized carbons (Fsp3) is 0.429. The summed E-state index contributed by atoms with van der Waals surface area (Å²) in [4.78, 5) is 24.6. The minimum atomic E-state index is -0.720. The molecule has 1 amide bonds. The lowest BCUT2D eigenvalue weighted by atomic mass is 10.1. The third kappa shape index (κ3) is 2.54. The van der Waals surface area contributed by atoms with Crippen molar-refractivity contribution < 1.29 is 23.8 Å². The highest BCUT2D eigenvalue weighted by Gasteiger charge is 2.45. The predicted octanol–water partition coefficient (Wildman–Crippen LogP) is 2.28. The van der Waals surface area contributed by atoms with Crippen molar-refractivity contribution in [2.24, 2.45) is 0 Å². The average molecular weight is 277 g/mol. The summed E-state index contributed by atoms with van der Waals surface area (Å²) in [5.74, 6) is 0. The number of hydrogen-bond acceptors (Lipinski definition) is 5. The number of benzene rings is 1. The van der Waals surface area contributed by atoms with Crippen LogP contribution >= 0.6 is 0 Å². The highest BCUT2D eigenvalue weighted by molar-refractivity contribution is 5.70. The van der Waals surface area contributed by atoms with Gasteiger partial charge in [0.1, 0.15) is 6.61 Å². The SMILES string of the molecule is O=C1O[C@@H]2[C@@H](CCCN2C(=O)OCc2ccccc2)O1. The van der Waals surface area contributed by atoms with Crippen LogP contribution in [0.5, 0.6) is 0 Å². The topological polar surface area (TPSA) is 65.1 Å². The van der Waals surface area contributed by atoms with Gasteiger partial charge in [-0.1, -0.05) is 30.3 Å². The summed E-state index contributed by atoms with van der Waals surface area (Å²) in [6.45, 7) is 0.702. The number of piperidine rings is 1. The highest BCUT2D eigenvalue weighted by atomic mass is 16.8. The van der Waals surface area contributed by atoms with Gasteiger partial charge >= 0.3 is 12.2 Å². The van der Waals surface area contributed by atoms with Crippen LogP contribution in [0.4, 0.5) is 9.59 Å². The van der Waals surface area contributed by atoms with Crippen molar-refractivity contribution in [1.29, 1.82) is 0 Å². The van der Waals surface area contributed by atoms with E-state index in [0.29, 0.717) is 13.0 Å². The largest absolute Gasteiger partial charge is 0.510 e. The van der Waals surface area contributed by atoms with Crippen LogP contribution in [0.15, 0.2) is 30.3 Å². The first kappa shape index (κ1) is 12.8. The summed E-state index contributed by atoms with van der Waals surface area (Å²) in [5.41, 5.74) is 0.911. The van der Waals surface area contributed by atoms with Crippen LogP contribution in [0.1, 0.15) is 18.4 Å². The Labute approximate surface area is 116 Å². The predicted molar refractivity (Wildman–Crippen MR) is 67.7 cm³/mol. The molecule has 0 bridgehead atoms. The van der Waals surface area contributed by atoms with Crippen LogP contribution in [0, 0.1) is 0 Å². The Kier molecular flexibility index (Phi) is 3.45. The zero-order valence-corrected chi connectivity index (χ0v) is 10.9. The van der Waals surface area contributed by atoms with Crippen molar-refractivity contribution in [2.45, 2.75) is 31.8 Å². The summed E-state index contributed by atoms with van der Waals surface area (Å²) in [5, 5.41) is 0. The summed E-state index contributed by atoms with van der Waals surface area (Å²) in [6, 6.07) is 9.42. The van der Waals surface area contributed by atoms with Crippen LogP contribution in [-0.2, 0) is 20.8 Å². The molecule has 0 N–H and O–H groups in total. The van der Waals surface area contributed by atoms with Crippen molar-refractivity contribution in [3.05, 3.63) is 35.9 Å². The second-order valence-electron chi connectivity index (χ2n) is 4.79. The smallest absolute Gasteiger partial charge is 0.444 e. The zero-order valence-electron chi connectivity index (χ0n) is 10.9. The van der Waals surface area contributed by atoms with Crippen molar-refractivity contribution in [2.75, 3.05) is 6.54 Å². The molecule has 2 heterocycles. The molecule has 0 aromatic heterocycles. The third-order valence-corrected chi connectivity index (χ3v) is 3.42. The molecule has 2 atom stereocenters. The minimum Gasteiger partial charge on any atom is -0.444 e. The molecule has 3 rings (SSSR count). The number of carbonyl (C=O) groups is 2. The molecule has 6 nitrogen and oxygen atoms in total. The van der Waals surface area contributed by atoms with Crippen molar-refractivity contribution in [1.82, 2.24) is 4.90 Å². The molecular weight excluding hydrogens is 262 g/mol. The summed E-state index contributed by atoms with van der Waals surface area (Å²) in [6.07, 6.45) is -0.762. The van der Waals surface area contributed by atoms with Gasteiger partial charge in [0.15, 0.2) is 6.10 Å². The number of amides is 1. The number of ether oxygens (including phenoxy) is 3. The number of likely N-dealkylation sites (tertiary alicyclic amines) is 1. The molecule has 106 valence electrons. The maximum Gasteiger partial charge on any atom is 0.510 e. The van der Waals surface area contributed by atoms with E-state index in [0.717, 1.165) is 12.0 Å². The van der Waals surface area contributed by atoms with E-state index >= 15 is 0 Å². The molecule has 2 fully saturated rings. The van der Waals surface area contributed by atoms with E-state index in [1.165, 1.54) is 4.90 Å². The first-order valence-electron chi connectivity index (χ1n) is 6.58. The number of hydrogen-bond donors (Lipinski definition) is 0. The maximum absolute atomic E-state index is 12.1. The molecule has 2 aliphatic rings. The van der Waals surface area contributed by atoms with E-state index in [-0.39, 0.29) is 12.7 Å². The summed E-state index contributed by atoms with van der Waals surface area (Å²) >= 11 is 0. The van der Waals surface area contributed by atoms with Crippen LogP contribution in [0.3, 0.4) is 0 Å². The van der Waals surface area contributed by atoms with Crippen LogP contribution < -0.4 is 0 Å². The quantitative estimate of drug-likeness (QED) is 0.776. The van der Waals surface area contributed by atoms with E-state index in [1.54, 1.807) is 0 Å². The standard InChI is InChI=1S/C14H15NO5/c16-13(18-9-10-5-2-1-3-6-10)15-8-4-7-11-12(15)20-14(17)19-11/h1-3,5-6,11-12H,4,7-9H2/t11-,12-/m1/s1. The normalized spacial score (nSPS) is 24.6. The number of carbonyl (C=O) groups excluding carboxylic acids is 2. The van der Waals surface area contributed by atoms with E-state index < -0.39 is 18.5 Å². The molecule has 2 saturated heterocycles. The number of fused-ring (bicyclic) bond motifs is 1. The van der Waals surface area contributed by atoms with Crippen molar-refractivity contribution in [3.63, 3.8) is 0 Å². The second-order valence-corrected chi connectivity index (χ2v) is 4.79. The third-order valence-electron chi connectivity index (χ3n) is 3.42. The molecule has 20 heavy (non-hydrogen) atoms. The monoisotopic (exact) mass is 277 g/mol. The zero-order chi connectivity index (χ0) is 13.9. The fourth-order valence-electron chi connectivity index (χ4n) is 2.44. The summed E-state index contributed by atoms with van der Waals surface area (Å²) < 4.78 is 15.3. The fourth-order valence-corrected chi connectivity index (χ4v) is 2.44. The Balaban J connectivity index is 1.60. The van der Waals surface area contributed by atoms with Gasteiger partial charge in [-0.15, -0.1) is 0 Å². The van der Waals surface area contributed by atoms with Gasteiger partial charge in [0.2, 0.25) is 6.23 Å². The number of nitrogens with zero attached hydrogens (tertiary/aromatic N) is 1. The van der Waals surface area contributed by atoms with Gasteiger partial charge in [-0.3, -0.25) is 4.90 Å². The Bertz CT molecular complexity index is 504. The summed E-state index contributed by atoms with van der Waals surface area (Å²) in [7, 11) is 0. The Morgan fingerprint density at radius 3 is 2.90 bits per heavy atom. The average Bonchev–Trinajstić information content (AvgIpc) is 2.85. The van der Waals surface area contributed by atoms with E-state index in [2.05, 4.69) is 0 Å². The van der Waals surface area contributed by atoms with Crippen LogP contribution in [-0.4, -0.2) is 36.0 Å². The Morgan fingerprint density at radius 1 is 1.30 bits per heavy atom. The minimum absolute atomic E-state index is 0.197. The van der Waals surface area contributed by atoms with E-state index in [9.17, 15) is 9.59 Å². The molecule has 1 aromatic carbocycles. The molecule has 2 aliphatic heterocycles. The first-order chi connectivity index (χ1) is 9.74.